The lowest BCUT2D eigenvalue weighted by atomic mass is 10.3. The highest BCUT2D eigenvalue weighted by Gasteiger charge is 2.23. The molecule has 0 bridgehead atoms. The minimum absolute atomic E-state index is 0.0415. The van der Waals surface area contributed by atoms with Crippen molar-refractivity contribution in [3.8, 4) is 0 Å². The van der Waals surface area contributed by atoms with Crippen LogP contribution in [-0.2, 0) is 14.6 Å². The van der Waals surface area contributed by atoms with Crippen molar-refractivity contribution in [2.45, 2.75) is 31.3 Å². The molecule has 2 aliphatic rings. The molecule has 1 saturated carbocycles. The van der Waals surface area contributed by atoms with Gasteiger partial charge in [0.2, 0.25) is 5.91 Å². The number of carbonyl (C=O) groups is 1. The van der Waals surface area contributed by atoms with Crippen molar-refractivity contribution in [3.63, 3.8) is 0 Å². The van der Waals surface area contributed by atoms with Crippen LogP contribution < -0.4 is 10.6 Å². The van der Waals surface area contributed by atoms with Gasteiger partial charge in [-0.1, -0.05) is 6.08 Å². The highest BCUT2D eigenvalue weighted by molar-refractivity contribution is 7.94. The number of carbonyl (C=O) groups excluding carboxylic acids is 1. The molecule has 1 amide bonds. The summed E-state index contributed by atoms with van der Waals surface area (Å²) < 4.78 is 22.2. The molecule has 2 rings (SSSR count). The fourth-order valence-electron chi connectivity index (χ4n) is 1.60. The molecule has 0 saturated heterocycles. The molecule has 0 radical (unpaired) electrons. The van der Waals surface area contributed by atoms with Crippen molar-refractivity contribution >= 4 is 15.7 Å². The number of rotatable bonds is 5. The number of sulfone groups is 1. The second kappa shape index (κ2) is 4.55. The van der Waals surface area contributed by atoms with E-state index in [0.29, 0.717) is 19.0 Å². The second-order valence-electron chi connectivity index (χ2n) is 4.31. The van der Waals surface area contributed by atoms with Gasteiger partial charge in [-0.15, -0.1) is 0 Å². The van der Waals surface area contributed by atoms with Gasteiger partial charge in [-0.25, -0.2) is 8.42 Å². The molecule has 90 valence electrons. The maximum absolute atomic E-state index is 11.3. The molecular weight excluding hydrogens is 228 g/mol. The Hall–Kier alpha value is -0.880. The van der Waals surface area contributed by atoms with E-state index in [4.69, 9.17) is 0 Å². The molecule has 1 heterocycles. The lowest BCUT2D eigenvalue weighted by molar-refractivity contribution is -0.121. The number of amides is 1. The molecular formula is C10H16N2O3S. The van der Waals surface area contributed by atoms with Gasteiger partial charge in [-0.05, 0) is 12.8 Å². The molecule has 1 fully saturated rings. The molecule has 0 aromatic rings. The first-order chi connectivity index (χ1) is 7.55. The third-order valence-electron chi connectivity index (χ3n) is 2.63. The van der Waals surface area contributed by atoms with Crippen molar-refractivity contribution in [1.82, 2.24) is 10.6 Å². The Labute approximate surface area is 95.2 Å². The van der Waals surface area contributed by atoms with Crippen LogP contribution in [0.2, 0.25) is 0 Å². The number of hydrogen-bond acceptors (Lipinski definition) is 4. The summed E-state index contributed by atoms with van der Waals surface area (Å²) in [7, 11) is -3.00. The van der Waals surface area contributed by atoms with E-state index in [9.17, 15) is 13.2 Å². The van der Waals surface area contributed by atoms with E-state index in [1.807, 2.05) is 0 Å². The summed E-state index contributed by atoms with van der Waals surface area (Å²) in [5.41, 5.74) is 0. The highest BCUT2D eigenvalue weighted by atomic mass is 32.2. The monoisotopic (exact) mass is 244 g/mol. The Morgan fingerprint density at radius 3 is 2.69 bits per heavy atom. The van der Waals surface area contributed by atoms with Crippen LogP contribution in [-0.4, -0.2) is 38.7 Å². The number of nitrogens with one attached hydrogen (secondary N) is 2. The van der Waals surface area contributed by atoms with Gasteiger partial charge in [-0.3, -0.25) is 4.79 Å². The molecule has 1 unspecified atom stereocenters. The minimum Gasteiger partial charge on any atom is -0.353 e. The van der Waals surface area contributed by atoms with Gasteiger partial charge in [-0.2, -0.15) is 0 Å². The van der Waals surface area contributed by atoms with Gasteiger partial charge in [0.15, 0.2) is 9.84 Å². The lowest BCUT2D eigenvalue weighted by Crippen LogP contribution is -2.34. The normalized spacial score (nSPS) is 26.9. The van der Waals surface area contributed by atoms with Gasteiger partial charge in [0.25, 0.3) is 0 Å². The van der Waals surface area contributed by atoms with E-state index >= 15 is 0 Å². The Morgan fingerprint density at radius 1 is 1.38 bits per heavy atom. The Morgan fingerprint density at radius 2 is 2.12 bits per heavy atom. The van der Waals surface area contributed by atoms with Crippen LogP contribution in [0.5, 0.6) is 0 Å². The van der Waals surface area contributed by atoms with Gasteiger partial charge in [0.05, 0.1) is 5.75 Å². The highest BCUT2D eigenvalue weighted by Crippen LogP contribution is 2.18. The zero-order chi connectivity index (χ0) is 11.6. The van der Waals surface area contributed by atoms with Crippen LogP contribution in [0.4, 0.5) is 0 Å². The van der Waals surface area contributed by atoms with E-state index in [0.717, 1.165) is 12.8 Å². The summed E-state index contributed by atoms with van der Waals surface area (Å²) in [6, 6.07) is 0.248. The molecule has 6 heteroatoms. The smallest absolute Gasteiger partial charge is 0.221 e. The van der Waals surface area contributed by atoms with E-state index in [1.165, 1.54) is 5.41 Å². The van der Waals surface area contributed by atoms with E-state index in [-0.39, 0.29) is 17.7 Å². The first kappa shape index (κ1) is 11.6. The zero-order valence-corrected chi connectivity index (χ0v) is 9.79. The molecule has 0 aromatic carbocycles. The average Bonchev–Trinajstić information content (AvgIpc) is 2.91. The van der Waals surface area contributed by atoms with Crippen LogP contribution in [0, 0.1) is 0 Å². The second-order valence-corrected chi connectivity index (χ2v) is 6.24. The van der Waals surface area contributed by atoms with Crippen LogP contribution in [0.3, 0.4) is 0 Å². The average molecular weight is 244 g/mol. The van der Waals surface area contributed by atoms with E-state index in [2.05, 4.69) is 10.6 Å². The minimum atomic E-state index is -3.00. The summed E-state index contributed by atoms with van der Waals surface area (Å²) in [6.45, 7) is 0.517. The Kier molecular flexibility index (Phi) is 3.30. The first-order valence-electron chi connectivity index (χ1n) is 5.49. The van der Waals surface area contributed by atoms with Crippen LogP contribution in [0.25, 0.3) is 0 Å². The van der Waals surface area contributed by atoms with Crippen LogP contribution in [0.1, 0.15) is 19.3 Å². The molecule has 5 nitrogen and oxygen atoms in total. The topological polar surface area (TPSA) is 75.3 Å². The molecule has 1 aliphatic carbocycles. The van der Waals surface area contributed by atoms with Crippen molar-refractivity contribution in [1.29, 1.82) is 0 Å². The van der Waals surface area contributed by atoms with Gasteiger partial charge >= 0.3 is 0 Å². The Bertz CT molecular complexity index is 398. The fourth-order valence-corrected chi connectivity index (χ4v) is 2.87. The maximum atomic E-state index is 11.3. The summed E-state index contributed by atoms with van der Waals surface area (Å²) in [6.07, 6.45) is 4.21. The fraction of sp³-hybridized carbons (Fsp3) is 0.700. The summed E-state index contributed by atoms with van der Waals surface area (Å²) >= 11 is 0. The third kappa shape index (κ3) is 3.61. The molecule has 2 N–H and O–H groups in total. The Balaban J connectivity index is 1.61. The predicted molar refractivity (Wildman–Crippen MR) is 60.5 cm³/mol. The summed E-state index contributed by atoms with van der Waals surface area (Å²) in [4.78, 5) is 11.3. The first-order valence-corrected chi connectivity index (χ1v) is 7.20. The van der Waals surface area contributed by atoms with Gasteiger partial charge in [0.1, 0.15) is 0 Å². The zero-order valence-electron chi connectivity index (χ0n) is 8.98. The van der Waals surface area contributed by atoms with Crippen molar-refractivity contribution < 1.29 is 13.2 Å². The quantitative estimate of drug-likeness (QED) is 0.687. The third-order valence-corrected chi connectivity index (χ3v) is 4.03. The molecule has 0 spiro atoms. The van der Waals surface area contributed by atoms with Crippen LogP contribution >= 0.6 is 0 Å². The van der Waals surface area contributed by atoms with E-state index < -0.39 is 9.84 Å². The van der Waals surface area contributed by atoms with Crippen molar-refractivity contribution in [2.75, 3.05) is 12.3 Å². The van der Waals surface area contributed by atoms with Crippen molar-refractivity contribution in [3.05, 3.63) is 11.5 Å². The molecule has 16 heavy (non-hydrogen) atoms. The van der Waals surface area contributed by atoms with Gasteiger partial charge < -0.3 is 10.6 Å². The summed E-state index contributed by atoms with van der Waals surface area (Å²) in [5.74, 6) is 0.150. The predicted octanol–water partition coefficient (Wildman–Crippen LogP) is -0.445. The summed E-state index contributed by atoms with van der Waals surface area (Å²) in [5, 5.41) is 7.15. The standard InChI is InChI=1S/C10H16N2O3S/c13-10(12-8-1-2-8)3-5-11-9-4-6-16(14,15)7-9/h4,6,8-9,11H,1-3,5,7H2,(H,12,13). The number of hydrogen-bond donors (Lipinski definition) is 2. The molecule has 1 aliphatic heterocycles. The maximum Gasteiger partial charge on any atom is 0.221 e. The molecule has 1 atom stereocenters. The van der Waals surface area contributed by atoms with Crippen molar-refractivity contribution in [2.24, 2.45) is 0 Å². The van der Waals surface area contributed by atoms with Gasteiger partial charge in [0, 0.05) is 30.5 Å². The lowest BCUT2D eigenvalue weighted by Gasteiger charge is -2.09. The largest absolute Gasteiger partial charge is 0.353 e. The SMILES string of the molecule is O=C(CCNC1C=CS(=O)(=O)C1)NC1CC1. The van der Waals surface area contributed by atoms with E-state index in [1.54, 1.807) is 6.08 Å². The molecule has 0 aromatic heterocycles. The van der Waals surface area contributed by atoms with Crippen LogP contribution in [0.15, 0.2) is 11.5 Å².